The van der Waals surface area contributed by atoms with Crippen LogP contribution >= 0.6 is 0 Å². The van der Waals surface area contributed by atoms with Crippen LogP contribution in [0.5, 0.6) is 0 Å². The van der Waals surface area contributed by atoms with Crippen LogP contribution in [0.4, 0.5) is 0 Å². The lowest BCUT2D eigenvalue weighted by Gasteiger charge is -2.07. The molecule has 8 nitrogen and oxygen atoms in total. The van der Waals surface area contributed by atoms with Crippen molar-refractivity contribution in [3.8, 4) is 0 Å². The van der Waals surface area contributed by atoms with Gasteiger partial charge in [0.25, 0.3) is 0 Å². The van der Waals surface area contributed by atoms with E-state index in [-0.39, 0.29) is 18.1 Å². The highest BCUT2D eigenvalue weighted by molar-refractivity contribution is 5.83. The molecule has 0 rings (SSSR count). The van der Waals surface area contributed by atoms with Crippen molar-refractivity contribution in [3.63, 3.8) is 0 Å². The Morgan fingerprint density at radius 3 is 1.87 bits per heavy atom. The number of rotatable bonds is 17. The number of ketones is 1. The van der Waals surface area contributed by atoms with Crippen molar-refractivity contribution < 1.29 is 23.8 Å². The second-order valence-corrected chi connectivity index (χ2v) is 5.05. The molecule has 0 unspecified atom stereocenters. The van der Waals surface area contributed by atoms with Crippen LogP contribution in [-0.2, 0) is 23.8 Å². The fourth-order valence-electron chi connectivity index (χ4n) is 1.60. The molecule has 0 radical (unpaired) electrons. The van der Waals surface area contributed by atoms with E-state index >= 15 is 0 Å². The number of hydrogen-bond donors (Lipinski definition) is 3. The minimum atomic E-state index is -0.0919. The van der Waals surface area contributed by atoms with Crippen molar-refractivity contribution >= 4 is 11.7 Å². The first kappa shape index (κ1) is 21.9. The first-order chi connectivity index (χ1) is 11.2. The Morgan fingerprint density at radius 2 is 1.35 bits per heavy atom. The van der Waals surface area contributed by atoms with E-state index in [1.807, 2.05) is 0 Å². The predicted molar refractivity (Wildman–Crippen MR) is 86.8 cm³/mol. The molecule has 0 saturated heterocycles. The Morgan fingerprint density at radius 1 is 0.826 bits per heavy atom. The number of amides is 1. The minimum absolute atomic E-state index is 0.0291. The Hall–Kier alpha value is -1.06. The van der Waals surface area contributed by atoms with Gasteiger partial charge in [-0.05, 0) is 19.8 Å². The molecule has 0 aliphatic rings. The first-order valence-corrected chi connectivity index (χ1v) is 8.09. The Balaban J connectivity index is 3.10. The number of nitrogens with two attached hydrogens (primary N) is 1. The molecule has 0 aromatic rings. The topological polar surface area (TPSA) is 112 Å². The number of hydrazine groups is 1. The van der Waals surface area contributed by atoms with Gasteiger partial charge in [0.1, 0.15) is 5.78 Å². The number of carbonyl (C=O) groups is 2. The zero-order valence-corrected chi connectivity index (χ0v) is 14.1. The molecule has 0 aromatic carbocycles. The van der Waals surface area contributed by atoms with Gasteiger partial charge in [-0.25, -0.2) is 0 Å². The molecule has 0 atom stereocenters. The van der Waals surface area contributed by atoms with Crippen LogP contribution in [-0.4, -0.2) is 64.4 Å². The highest BCUT2D eigenvalue weighted by Crippen LogP contribution is 1.90. The van der Waals surface area contributed by atoms with E-state index in [9.17, 15) is 9.59 Å². The van der Waals surface area contributed by atoms with E-state index < -0.39 is 0 Å². The monoisotopic (exact) mass is 333 g/mol. The van der Waals surface area contributed by atoms with Crippen molar-refractivity contribution in [1.82, 2.24) is 10.7 Å². The van der Waals surface area contributed by atoms with Gasteiger partial charge in [-0.15, -0.1) is 0 Å². The van der Waals surface area contributed by atoms with Crippen molar-refractivity contribution in [2.75, 3.05) is 52.7 Å². The van der Waals surface area contributed by atoms with Gasteiger partial charge in [-0.2, -0.15) is 0 Å². The lowest BCUT2D eigenvalue weighted by Crippen LogP contribution is -2.25. The van der Waals surface area contributed by atoms with Gasteiger partial charge in [0.2, 0.25) is 5.91 Å². The third kappa shape index (κ3) is 18.9. The number of Topliss-reactive ketones (excluding diaryl/α,β-unsaturated/α-hetero) is 1. The van der Waals surface area contributed by atoms with Gasteiger partial charge in [0, 0.05) is 39.1 Å². The molecule has 1 amide bonds. The molecule has 136 valence electrons. The largest absolute Gasteiger partial charge is 0.379 e. The van der Waals surface area contributed by atoms with Gasteiger partial charge >= 0.3 is 0 Å². The Bertz CT molecular complexity index is 303. The smallest absolute Gasteiger partial charge is 0.220 e. The maximum absolute atomic E-state index is 11.3. The molecule has 0 heterocycles. The summed E-state index contributed by atoms with van der Waals surface area (Å²) in [5, 5.41) is 2.75. The fraction of sp³-hybridized carbons (Fsp3) is 0.867. The molecule has 0 spiro atoms. The maximum atomic E-state index is 11.3. The summed E-state index contributed by atoms with van der Waals surface area (Å²) in [4.78, 5) is 22.0. The molecule has 0 aliphatic carbocycles. The van der Waals surface area contributed by atoms with E-state index in [1.165, 1.54) is 6.92 Å². The predicted octanol–water partition coefficient (Wildman–Crippen LogP) is -0.235. The maximum Gasteiger partial charge on any atom is 0.220 e. The summed E-state index contributed by atoms with van der Waals surface area (Å²) in [6, 6.07) is 0. The SMILES string of the molecule is CC(=O)CCC(=O)NCCCOCCOCCOCCCNN. The zero-order chi connectivity index (χ0) is 17.2. The molecular formula is C15H31N3O5. The van der Waals surface area contributed by atoms with Crippen LogP contribution in [0, 0.1) is 0 Å². The van der Waals surface area contributed by atoms with Gasteiger partial charge in [0.05, 0.1) is 26.4 Å². The summed E-state index contributed by atoms with van der Waals surface area (Å²) >= 11 is 0. The summed E-state index contributed by atoms with van der Waals surface area (Å²) in [5.74, 6) is 5.07. The Labute approximate surface area is 138 Å². The summed E-state index contributed by atoms with van der Waals surface area (Å²) < 4.78 is 16.1. The molecule has 8 heteroatoms. The van der Waals surface area contributed by atoms with E-state index in [4.69, 9.17) is 20.1 Å². The van der Waals surface area contributed by atoms with Gasteiger partial charge in [0.15, 0.2) is 0 Å². The summed E-state index contributed by atoms with van der Waals surface area (Å²) in [5.41, 5.74) is 2.56. The van der Waals surface area contributed by atoms with Crippen molar-refractivity contribution in [1.29, 1.82) is 0 Å². The standard InChI is InChI=1S/C15H31N3O5/c1-14(19)4-5-15(20)17-6-2-8-21-10-12-23-13-11-22-9-3-7-18-16/h18H,2-13,16H2,1H3,(H,17,20). The second-order valence-electron chi connectivity index (χ2n) is 5.05. The molecule has 0 saturated carbocycles. The molecule has 0 fully saturated rings. The van der Waals surface area contributed by atoms with E-state index in [1.54, 1.807) is 0 Å². The molecule has 0 bridgehead atoms. The molecular weight excluding hydrogens is 302 g/mol. The van der Waals surface area contributed by atoms with Gasteiger partial charge in [-0.3, -0.25) is 16.1 Å². The van der Waals surface area contributed by atoms with E-state index in [0.717, 1.165) is 19.4 Å². The fourth-order valence-corrected chi connectivity index (χ4v) is 1.60. The Kier molecular flexibility index (Phi) is 16.5. The van der Waals surface area contributed by atoms with E-state index in [0.29, 0.717) is 52.6 Å². The quantitative estimate of drug-likeness (QED) is 0.191. The highest BCUT2D eigenvalue weighted by atomic mass is 16.5. The van der Waals surface area contributed by atoms with Gasteiger partial charge in [-0.1, -0.05) is 0 Å². The first-order valence-electron chi connectivity index (χ1n) is 8.09. The van der Waals surface area contributed by atoms with Crippen LogP contribution in [0.2, 0.25) is 0 Å². The summed E-state index contributed by atoms with van der Waals surface area (Å²) in [6.07, 6.45) is 2.18. The van der Waals surface area contributed by atoms with Crippen LogP contribution < -0.4 is 16.6 Å². The summed E-state index contributed by atoms with van der Waals surface area (Å²) in [6.45, 7) is 6.18. The van der Waals surface area contributed by atoms with Crippen molar-refractivity contribution in [2.24, 2.45) is 5.84 Å². The van der Waals surface area contributed by atoms with E-state index in [2.05, 4.69) is 10.7 Å². The third-order valence-electron chi connectivity index (χ3n) is 2.85. The lowest BCUT2D eigenvalue weighted by molar-refractivity contribution is -0.124. The van der Waals surface area contributed by atoms with Crippen molar-refractivity contribution in [2.45, 2.75) is 32.6 Å². The van der Waals surface area contributed by atoms with Crippen molar-refractivity contribution in [3.05, 3.63) is 0 Å². The number of nitrogens with one attached hydrogen (secondary N) is 2. The molecule has 0 aromatic heterocycles. The van der Waals surface area contributed by atoms with Crippen LogP contribution in [0.3, 0.4) is 0 Å². The lowest BCUT2D eigenvalue weighted by atomic mass is 10.2. The second kappa shape index (κ2) is 17.3. The van der Waals surface area contributed by atoms with Crippen LogP contribution in [0.25, 0.3) is 0 Å². The molecule has 0 aliphatic heterocycles. The zero-order valence-electron chi connectivity index (χ0n) is 14.1. The highest BCUT2D eigenvalue weighted by Gasteiger charge is 2.02. The average Bonchev–Trinajstić information content (AvgIpc) is 2.53. The number of hydrogen-bond acceptors (Lipinski definition) is 7. The van der Waals surface area contributed by atoms with Gasteiger partial charge < -0.3 is 24.3 Å². The number of ether oxygens (including phenoxy) is 3. The van der Waals surface area contributed by atoms with Crippen LogP contribution in [0.1, 0.15) is 32.6 Å². The molecule has 23 heavy (non-hydrogen) atoms. The third-order valence-corrected chi connectivity index (χ3v) is 2.85. The number of carbonyl (C=O) groups excluding carboxylic acids is 2. The molecule has 4 N–H and O–H groups in total. The average molecular weight is 333 g/mol. The minimum Gasteiger partial charge on any atom is -0.379 e. The summed E-state index contributed by atoms with van der Waals surface area (Å²) in [7, 11) is 0. The normalized spacial score (nSPS) is 10.7. The van der Waals surface area contributed by atoms with Crippen LogP contribution in [0.15, 0.2) is 0 Å².